The molecule has 2 aromatic heterocycles. The Hall–Kier alpha value is -2.54. The summed E-state index contributed by atoms with van der Waals surface area (Å²) in [5.74, 6) is 0.211. The van der Waals surface area contributed by atoms with Crippen LogP contribution in [0.5, 0.6) is 0 Å². The molecule has 4 heterocycles. The van der Waals surface area contributed by atoms with Crippen LogP contribution < -0.4 is 4.72 Å². The molecule has 1 fully saturated rings. The number of piperidine rings is 1. The van der Waals surface area contributed by atoms with Crippen LogP contribution in [0, 0.1) is 0 Å². The fourth-order valence-corrected chi connectivity index (χ4v) is 9.09. The average Bonchev–Trinajstić information content (AvgIpc) is 3.45. The molecule has 1 saturated heterocycles. The molecule has 0 bridgehead atoms. The number of rotatable bonds is 13. The molecule has 17 heteroatoms. The highest BCUT2D eigenvalue weighted by atomic mass is 32.2. The van der Waals surface area contributed by atoms with Crippen LogP contribution in [0.15, 0.2) is 47.5 Å². The molecule has 47 heavy (non-hydrogen) atoms. The highest BCUT2D eigenvalue weighted by Crippen LogP contribution is 2.40. The van der Waals surface area contributed by atoms with Crippen molar-refractivity contribution in [3.05, 3.63) is 65.1 Å². The molecule has 0 saturated carbocycles. The van der Waals surface area contributed by atoms with Gasteiger partial charge in [0, 0.05) is 77.9 Å². The van der Waals surface area contributed by atoms with E-state index < -0.39 is 37.9 Å². The highest BCUT2D eigenvalue weighted by molar-refractivity contribution is 7.99. The van der Waals surface area contributed by atoms with Gasteiger partial charge in [0.2, 0.25) is 20.0 Å². The first-order valence-electron chi connectivity index (χ1n) is 15.3. The minimum absolute atomic E-state index is 0.00239. The summed E-state index contributed by atoms with van der Waals surface area (Å²) in [7, 11) is -7.24. The maximum atomic E-state index is 13.8. The van der Waals surface area contributed by atoms with Crippen LogP contribution in [0.3, 0.4) is 0 Å². The Morgan fingerprint density at radius 3 is 2.57 bits per heavy atom. The molecule has 3 aromatic rings. The van der Waals surface area contributed by atoms with Gasteiger partial charge in [-0.25, -0.2) is 21.6 Å². The van der Waals surface area contributed by atoms with Crippen LogP contribution in [0.4, 0.5) is 13.2 Å². The smallest absolute Gasteiger partial charge is 0.392 e. The van der Waals surface area contributed by atoms with Crippen molar-refractivity contribution in [1.82, 2.24) is 29.1 Å². The van der Waals surface area contributed by atoms with Crippen molar-refractivity contribution in [1.29, 1.82) is 0 Å². The molecule has 258 valence electrons. The summed E-state index contributed by atoms with van der Waals surface area (Å²) < 4.78 is 94.4. The maximum absolute atomic E-state index is 13.8. The highest BCUT2D eigenvalue weighted by Gasteiger charge is 2.35. The summed E-state index contributed by atoms with van der Waals surface area (Å²) in [6.45, 7) is 2.15. The first kappa shape index (κ1) is 35.8. The van der Waals surface area contributed by atoms with Crippen molar-refractivity contribution in [3.8, 4) is 11.3 Å². The summed E-state index contributed by atoms with van der Waals surface area (Å²) in [5.41, 5.74) is 2.27. The van der Waals surface area contributed by atoms with Gasteiger partial charge in [-0.05, 0) is 56.6 Å². The molecule has 0 aliphatic carbocycles. The Morgan fingerprint density at radius 1 is 1.13 bits per heavy atom. The number of aliphatic hydroxyl groups is 1. The number of aromatic amines is 1. The summed E-state index contributed by atoms with van der Waals surface area (Å²) in [6.07, 6.45) is -0.388. The number of nitrogens with one attached hydrogen (secondary N) is 2. The van der Waals surface area contributed by atoms with Crippen LogP contribution in [0.1, 0.15) is 47.7 Å². The van der Waals surface area contributed by atoms with E-state index in [4.69, 9.17) is 0 Å². The van der Waals surface area contributed by atoms with Crippen molar-refractivity contribution < 1.29 is 35.1 Å². The number of fused-ring (bicyclic) bond motifs is 1. The number of halogens is 3. The van der Waals surface area contributed by atoms with Crippen LogP contribution in [0.25, 0.3) is 11.3 Å². The molecule has 1 aromatic carbocycles. The van der Waals surface area contributed by atoms with Gasteiger partial charge in [0.15, 0.2) is 0 Å². The predicted molar refractivity (Wildman–Crippen MR) is 174 cm³/mol. The number of benzene rings is 1. The minimum Gasteiger partial charge on any atom is -0.392 e. The van der Waals surface area contributed by atoms with E-state index >= 15 is 0 Å². The van der Waals surface area contributed by atoms with Gasteiger partial charge in [0.1, 0.15) is 0 Å². The fourth-order valence-electron chi connectivity index (χ4n) is 5.99. The van der Waals surface area contributed by atoms with E-state index in [0.29, 0.717) is 41.4 Å². The lowest BCUT2D eigenvalue weighted by Crippen LogP contribution is -2.41. The standard InChI is InChI=1S/C30H39F3N6O5S3/c1-46(41,42)35-12-16-45-28-18-22(5-6-25(28)30(31,32)33)29-24-20-39(15-9-27(24)36-37-29)47(43,44)17-10-23(40)19-38-13-7-21(8-14-38)26-4-2-3-11-34-26/h2-6,11,18,21,23,35,40H,7-10,12-17,19-20H2,1H3,(H,36,37). The molecule has 3 N–H and O–H groups in total. The molecular weight excluding hydrogens is 678 g/mol. The summed E-state index contributed by atoms with van der Waals surface area (Å²) >= 11 is 0.868. The SMILES string of the molecule is CS(=O)(=O)NCCSc1cc(-c2n[nH]c3c2CN(S(=O)(=O)CCC(O)CN2CCC(c4ccccn4)CC2)CC3)ccc1C(F)(F)F. The second-order valence-electron chi connectivity index (χ2n) is 11.9. The lowest BCUT2D eigenvalue weighted by Gasteiger charge is -2.33. The van der Waals surface area contributed by atoms with Gasteiger partial charge in [-0.15, -0.1) is 11.8 Å². The third-order valence-corrected chi connectivity index (χ3v) is 12.1. The van der Waals surface area contributed by atoms with Gasteiger partial charge in [-0.1, -0.05) is 12.1 Å². The van der Waals surface area contributed by atoms with Crippen molar-refractivity contribution in [2.24, 2.45) is 0 Å². The van der Waals surface area contributed by atoms with E-state index in [1.165, 1.54) is 16.4 Å². The number of H-pyrrole nitrogens is 1. The van der Waals surface area contributed by atoms with Crippen LogP contribution in [-0.2, 0) is 39.2 Å². The van der Waals surface area contributed by atoms with Crippen molar-refractivity contribution in [2.45, 2.75) is 55.3 Å². The number of nitrogens with zero attached hydrogens (tertiary/aromatic N) is 4. The molecule has 0 radical (unpaired) electrons. The molecule has 2 aliphatic rings. The molecule has 5 rings (SSSR count). The van der Waals surface area contributed by atoms with Crippen LogP contribution >= 0.6 is 11.8 Å². The minimum atomic E-state index is -4.62. The Morgan fingerprint density at radius 2 is 1.89 bits per heavy atom. The van der Waals surface area contributed by atoms with E-state index in [2.05, 4.69) is 24.8 Å². The topological polar surface area (TPSA) is 149 Å². The second-order valence-corrected chi connectivity index (χ2v) is 17.0. The van der Waals surface area contributed by atoms with Gasteiger partial charge in [-0.2, -0.15) is 22.6 Å². The number of β-amino-alcohol motifs (C(OH)–C–C–N with tert-alkyl or cyclic N) is 1. The zero-order valence-electron chi connectivity index (χ0n) is 25.9. The lowest BCUT2D eigenvalue weighted by atomic mass is 9.93. The predicted octanol–water partition coefficient (Wildman–Crippen LogP) is 3.45. The van der Waals surface area contributed by atoms with E-state index in [1.807, 2.05) is 18.2 Å². The summed E-state index contributed by atoms with van der Waals surface area (Å²) in [5, 5.41) is 18.0. The Balaban J connectivity index is 1.20. The summed E-state index contributed by atoms with van der Waals surface area (Å²) in [4.78, 5) is 6.52. The van der Waals surface area contributed by atoms with Crippen molar-refractivity contribution in [3.63, 3.8) is 0 Å². The molecule has 2 aliphatic heterocycles. The number of thioether (sulfide) groups is 1. The van der Waals surface area contributed by atoms with Gasteiger partial charge in [-0.3, -0.25) is 10.1 Å². The van der Waals surface area contributed by atoms with Crippen LogP contribution in [0.2, 0.25) is 0 Å². The average molecular weight is 717 g/mol. The first-order valence-corrected chi connectivity index (χ1v) is 19.8. The number of likely N-dealkylation sites (tertiary alicyclic amines) is 1. The zero-order valence-corrected chi connectivity index (χ0v) is 28.4. The third-order valence-electron chi connectivity index (χ3n) is 8.45. The zero-order chi connectivity index (χ0) is 33.8. The molecule has 0 spiro atoms. The molecule has 1 atom stereocenters. The Labute approximate surface area is 277 Å². The summed E-state index contributed by atoms with van der Waals surface area (Å²) in [6, 6.07) is 9.52. The van der Waals surface area contributed by atoms with E-state index in [9.17, 15) is 35.1 Å². The molecule has 11 nitrogen and oxygen atoms in total. The van der Waals surface area contributed by atoms with Crippen LogP contribution in [-0.4, -0.2) is 103 Å². The second kappa shape index (κ2) is 14.9. The number of aliphatic hydroxyl groups excluding tert-OH is 1. The molecular formula is C30H39F3N6O5S3. The first-order chi connectivity index (χ1) is 22.2. The Bertz CT molecular complexity index is 1730. The fraction of sp³-hybridized carbons (Fsp3) is 0.533. The van der Waals surface area contributed by atoms with Gasteiger partial charge >= 0.3 is 6.18 Å². The third kappa shape index (κ3) is 9.55. The van der Waals surface area contributed by atoms with E-state index in [1.54, 1.807) is 6.20 Å². The lowest BCUT2D eigenvalue weighted by molar-refractivity contribution is -0.139. The van der Waals surface area contributed by atoms with Gasteiger partial charge in [0.25, 0.3) is 0 Å². The van der Waals surface area contributed by atoms with Crippen molar-refractivity contribution in [2.75, 3.05) is 50.5 Å². The monoisotopic (exact) mass is 716 g/mol. The number of hydrogen-bond donors (Lipinski definition) is 3. The van der Waals surface area contributed by atoms with Gasteiger partial charge in [0.05, 0.1) is 29.4 Å². The number of aromatic nitrogens is 3. The molecule has 0 amide bonds. The van der Waals surface area contributed by atoms with E-state index in [0.717, 1.165) is 55.7 Å². The number of hydrogen-bond acceptors (Lipinski definition) is 9. The van der Waals surface area contributed by atoms with E-state index in [-0.39, 0.29) is 42.5 Å². The number of sulfonamides is 2. The largest absolute Gasteiger partial charge is 0.417 e. The van der Waals surface area contributed by atoms with Gasteiger partial charge < -0.3 is 10.0 Å². The normalized spacial score (nSPS) is 17.9. The van der Waals surface area contributed by atoms with Crippen molar-refractivity contribution >= 4 is 31.8 Å². The number of alkyl halides is 3. The maximum Gasteiger partial charge on any atom is 0.417 e. The molecule has 1 unspecified atom stereocenters. The number of pyridine rings is 1. The Kier molecular flexibility index (Phi) is 11.4. The quantitative estimate of drug-likeness (QED) is 0.179.